The van der Waals surface area contributed by atoms with E-state index in [1.165, 1.54) is 12.8 Å². The lowest BCUT2D eigenvalue weighted by molar-refractivity contribution is -0.115. The minimum absolute atomic E-state index is 0.199. The molecule has 0 saturated heterocycles. The van der Waals surface area contributed by atoms with Crippen molar-refractivity contribution in [2.45, 2.75) is 51.0 Å². The molecule has 1 aromatic carbocycles. The maximum absolute atomic E-state index is 11.5. The van der Waals surface area contributed by atoms with Gasteiger partial charge >= 0.3 is 0 Å². The van der Waals surface area contributed by atoms with Gasteiger partial charge < -0.3 is 14.8 Å². The lowest BCUT2D eigenvalue weighted by Crippen LogP contribution is -2.12. The number of allylic oxidation sites excluding steroid dienone is 2. The Morgan fingerprint density at radius 2 is 1.91 bits per heavy atom. The Labute approximate surface area is 131 Å². The van der Waals surface area contributed by atoms with Crippen molar-refractivity contribution in [2.24, 2.45) is 0 Å². The Kier molecular flexibility index (Phi) is 4.66. The first-order valence-corrected chi connectivity index (χ1v) is 8.10. The number of carbonyl (C=O) groups excluding carboxylic acids is 1. The van der Waals surface area contributed by atoms with E-state index in [1.54, 1.807) is 13.2 Å². The monoisotopic (exact) mass is 301 g/mol. The summed E-state index contributed by atoms with van der Waals surface area (Å²) in [4.78, 5) is 11.5. The van der Waals surface area contributed by atoms with Crippen molar-refractivity contribution < 1.29 is 14.3 Å². The zero-order valence-electron chi connectivity index (χ0n) is 13.1. The predicted molar refractivity (Wildman–Crippen MR) is 86.4 cm³/mol. The fraction of sp³-hybridized carbons (Fsp3) is 0.500. The number of carbonyl (C=O) groups is 1. The SMILES string of the molecule is COc1ccc(NC2=CC(=O)CCC2)cc1OC1CCCC1. The summed E-state index contributed by atoms with van der Waals surface area (Å²) in [6.45, 7) is 0. The van der Waals surface area contributed by atoms with Crippen LogP contribution >= 0.6 is 0 Å². The van der Waals surface area contributed by atoms with Gasteiger partial charge in [0.05, 0.1) is 13.2 Å². The average molecular weight is 301 g/mol. The van der Waals surface area contributed by atoms with Crippen LogP contribution in [-0.4, -0.2) is 19.0 Å². The minimum atomic E-state index is 0.199. The fourth-order valence-corrected chi connectivity index (χ4v) is 3.11. The zero-order valence-corrected chi connectivity index (χ0v) is 13.1. The van der Waals surface area contributed by atoms with Crippen molar-refractivity contribution in [3.8, 4) is 11.5 Å². The molecule has 22 heavy (non-hydrogen) atoms. The molecule has 4 heteroatoms. The molecule has 1 saturated carbocycles. The van der Waals surface area contributed by atoms with Crippen LogP contribution in [0.25, 0.3) is 0 Å². The summed E-state index contributed by atoms with van der Waals surface area (Å²) in [5, 5.41) is 3.33. The Morgan fingerprint density at radius 1 is 1.09 bits per heavy atom. The molecule has 0 unspecified atom stereocenters. The largest absolute Gasteiger partial charge is 0.493 e. The number of benzene rings is 1. The van der Waals surface area contributed by atoms with E-state index in [0.29, 0.717) is 12.5 Å². The van der Waals surface area contributed by atoms with E-state index < -0.39 is 0 Å². The summed E-state index contributed by atoms with van der Waals surface area (Å²) >= 11 is 0. The van der Waals surface area contributed by atoms with Gasteiger partial charge in [0.25, 0.3) is 0 Å². The number of hydrogen-bond acceptors (Lipinski definition) is 4. The molecule has 1 N–H and O–H groups in total. The van der Waals surface area contributed by atoms with Crippen molar-refractivity contribution in [1.82, 2.24) is 0 Å². The van der Waals surface area contributed by atoms with Crippen LogP contribution in [0.3, 0.4) is 0 Å². The van der Waals surface area contributed by atoms with Gasteiger partial charge in [0.15, 0.2) is 17.3 Å². The summed E-state index contributed by atoms with van der Waals surface area (Å²) in [5.74, 6) is 1.73. The van der Waals surface area contributed by atoms with E-state index in [4.69, 9.17) is 9.47 Å². The Hall–Kier alpha value is -1.97. The molecule has 2 aliphatic rings. The second-order valence-electron chi connectivity index (χ2n) is 6.00. The van der Waals surface area contributed by atoms with Gasteiger partial charge in [-0.25, -0.2) is 0 Å². The summed E-state index contributed by atoms with van der Waals surface area (Å²) in [7, 11) is 1.66. The first-order chi connectivity index (χ1) is 10.7. The number of methoxy groups -OCH3 is 1. The van der Waals surface area contributed by atoms with Gasteiger partial charge in [-0.3, -0.25) is 4.79 Å². The van der Waals surface area contributed by atoms with Crippen molar-refractivity contribution in [1.29, 1.82) is 0 Å². The van der Waals surface area contributed by atoms with Gasteiger partial charge in [0, 0.05) is 29.9 Å². The topological polar surface area (TPSA) is 47.6 Å². The van der Waals surface area contributed by atoms with Crippen molar-refractivity contribution >= 4 is 11.5 Å². The molecule has 0 spiro atoms. The molecule has 0 aromatic heterocycles. The first-order valence-electron chi connectivity index (χ1n) is 8.10. The third-order valence-corrected chi connectivity index (χ3v) is 4.27. The van der Waals surface area contributed by atoms with Crippen LogP contribution < -0.4 is 14.8 Å². The second-order valence-corrected chi connectivity index (χ2v) is 6.00. The van der Waals surface area contributed by atoms with E-state index in [0.717, 1.165) is 48.6 Å². The number of anilines is 1. The summed E-state index contributed by atoms with van der Waals surface area (Å²) in [5.41, 5.74) is 1.92. The highest BCUT2D eigenvalue weighted by atomic mass is 16.5. The molecule has 4 nitrogen and oxygen atoms in total. The number of rotatable bonds is 5. The second kappa shape index (κ2) is 6.86. The van der Waals surface area contributed by atoms with Crippen LogP contribution in [0.15, 0.2) is 30.0 Å². The number of ketones is 1. The highest BCUT2D eigenvalue weighted by Crippen LogP contribution is 2.34. The van der Waals surface area contributed by atoms with Crippen molar-refractivity contribution in [2.75, 3.05) is 12.4 Å². The van der Waals surface area contributed by atoms with Gasteiger partial charge in [0.2, 0.25) is 0 Å². The molecule has 0 heterocycles. The van der Waals surface area contributed by atoms with Crippen LogP contribution in [0, 0.1) is 0 Å². The minimum Gasteiger partial charge on any atom is -0.493 e. The van der Waals surface area contributed by atoms with Crippen LogP contribution in [-0.2, 0) is 4.79 Å². The van der Waals surface area contributed by atoms with E-state index >= 15 is 0 Å². The third kappa shape index (κ3) is 3.62. The predicted octanol–water partition coefficient (Wildman–Crippen LogP) is 4.07. The molecule has 0 radical (unpaired) electrons. The summed E-state index contributed by atoms with van der Waals surface area (Å²) < 4.78 is 11.5. The summed E-state index contributed by atoms with van der Waals surface area (Å²) in [6.07, 6.45) is 9.19. The highest BCUT2D eigenvalue weighted by molar-refractivity contribution is 5.91. The van der Waals surface area contributed by atoms with Gasteiger partial charge in [0.1, 0.15) is 0 Å². The molecule has 1 aromatic rings. The standard InChI is InChI=1S/C18H23NO3/c1-21-17-10-9-14(19-13-5-4-6-15(20)11-13)12-18(17)22-16-7-2-3-8-16/h9-12,16,19H,2-8H2,1H3. The van der Waals surface area contributed by atoms with Gasteiger partial charge in [-0.2, -0.15) is 0 Å². The maximum Gasteiger partial charge on any atom is 0.163 e. The zero-order chi connectivity index (χ0) is 15.4. The summed E-state index contributed by atoms with van der Waals surface area (Å²) in [6, 6.07) is 5.84. The molecule has 0 aliphatic heterocycles. The van der Waals surface area contributed by atoms with Gasteiger partial charge in [-0.15, -0.1) is 0 Å². The molecule has 3 rings (SSSR count). The fourth-order valence-electron chi connectivity index (χ4n) is 3.11. The number of ether oxygens (including phenoxy) is 2. The molecule has 1 fully saturated rings. The van der Waals surface area contributed by atoms with E-state index in [2.05, 4.69) is 5.32 Å². The van der Waals surface area contributed by atoms with Crippen molar-refractivity contribution in [3.05, 3.63) is 30.0 Å². The Balaban J connectivity index is 1.75. The lowest BCUT2D eigenvalue weighted by atomic mass is 10.0. The maximum atomic E-state index is 11.5. The molecule has 118 valence electrons. The normalized spacial score (nSPS) is 19.0. The van der Waals surface area contributed by atoms with E-state index in [-0.39, 0.29) is 5.78 Å². The molecular weight excluding hydrogens is 278 g/mol. The molecule has 0 atom stereocenters. The van der Waals surface area contributed by atoms with Gasteiger partial charge in [-0.05, 0) is 50.7 Å². The van der Waals surface area contributed by atoms with Crippen LogP contribution in [0.5, 0.6) is 11.5 Å². The molecule has 0 amide bonds. The molecule has 2 aliphatic carbocycles. The first kappa shape index (κ1) is 14.9. The van der Waals surface area contributed by atoms with E-state index in [1.807, 2.05) is 18.2 Å². The van der Waals surface area contributed by atoms with Crippen LogP contribution in [0.1, 0.15) is 44.9 Å². The third-order valence-electron chi connectivity index (χ3n) is 4.27. The Morgan fingerprint density at radius 3 is 2.64 bits per heavy atom. The smallest absolute Gasteiger partial charge is 0.163 e. The van der Waals surface area contributed by atoms with Crippen molar-refractivity contribution in [3.63, 3.8) is 0 Å². The van der Waals surface area contributed by atoms with Gasteiger partial charge in [-0.1, -0.05) is 0 Å². The number of nitrogens with one attached hydrogen (secondary N) is 1. The lowest BCUT2D eigenvalue weighted by Gasteiger charge is -2.19. The number of hydrogen-bond donors (Lipinski definition) is 1. The quantitative estimate of drug-likeness (QED) is 0.890. The molecular formula is C18H23NO3. The Bertz CT molecular complexity index is 574. The average Bonchev–Trinajstić information content (AvgIpc) is 3.01. The van der Waals surface area contributed by atoms with Crippen LogP contribution in [0.4, 0.5) is 5.69 Å². The van der Waals surface area contributed by atoms with E-state index in [9.17, 15) is 4.79 Å². The van der Waals surface area contributed by atoms with Crippen LogP contribution in [0.2, 0.25) is 0 Å². The highest BCUT2D eigenvalue weighted by Gasteiger charge is 2.19. The molecule has 0 bridgehead atoms.